The molecule has 4 heterocycles. The number of thiophene rings is 1. The van der Waals surface area contributed by atoms with Crippen LogP contribution < -0.4 is 21.5 Å². The summed E-state index contributed by atoms with van der Waals surface area (Å²) in [7, 11) is 0. The number of hydrogen-bond acceptors (Lipinski definition) is 6. The summed E-state index contributed by atoms with van der Waals surface area (Å²) >= 11 is 1.74. The summed E-state index contributed by atoms with van der Waals surface area (Å²) in [5, 5.41) is 9.61. The lowest BCUT2D eigenvalue weighted by molar-refractivity contribution is -0.124. The molecule has 0 radical (unpaired) electrons. The van der Waals surface area contributed by atoms with Gasteiger partial charge in [-0.3, -0.25) is 14.2 Å². The fraction of sp³-hybridized carbons (Fsp3) is 0.375. The Kier molecular flexibility index (Phi) is 5.57. The number of amides is 1. The van der Waals surface area contributed by atoms with Crippen LogP contribution in [0.5, 0.6) is 0 Å². The average Bonchev–Trinajstić information content (AvgIpc) is 3.49. The maximum Gasteiger partial charge on any atom is 0.294 e. The zero-order valence-electron chi connectivity index (χ0n) is 18.3. The van der Waals surface area contributed by atoms with Gasteiger partial charge in [0.25, 0.3) is 5.56 Å². The molecule has 0 saturated heterocycles. The van der Waals surface area contributed by atoms with Crippen LogP contribution in [-0.4, -0.2) is 15.5 Å². The van der Waals surface area contributed by atoms with E-state index in [4.69, 9.17) is 0 Å². The van der Waals surface area contributed by atoms with E-state index in [1.807, 2.05) is 32.0 Å². The summed E-state index contributed by atoms with van der Waals surface area (Å²) in [4.78, 5) is 33.1. The van der Waals surface area contributed by atoms with Crippen LogP contribution in [0.2, 0.25) is 0 Å². The zero-order valence-corrected chi connectivity index (χ0v) is 19.1. The Morgan fingerprint density at radius 2 is 2.22 bits per heavy atom. The van der Waals surface area contributed by atoms with Crippen molar-refractivity contribution in [2.45, 2.75) is 58.4 Å². The molecular weight excluding hydrogens is 422 g/mol. The molecule has 2 atom stereocenters. The van der Waals surface area contributed by atoms with Gasteiger partial charge in [-0.1, -0.05) is 29.8 Å². The van der Waals surface area contributed by atoms with E-state index in [1.54, 1.807) is 22.1 Å². The Hall–Kier alpha value is -2.97. The Labute approximate surface area is 190 Å². The van der Waals surface area contributed by atoms with Gasteiger partial charge >= 0.3 is 0 Å². The Morgan fingerprint density at radius 1 is 1.34 bits per heavy atom. The lowest BCUT2D eigenvalue weighted by atomic mass is 10.1. The number of fused-ring (bicyclic) bond motifs is 2. The van der Waals surface area contributed by atoms with Gasteiger partial charge in [0.05, 0.1) is 12.6 Å². The average molecular weight is 450 g/mol. The molecule has 0 saturated carbocycles. The molecule has 2 aliphatic rings. The first kappa shape index (κ1) is 20.9. The molecule has 1 aromatic carbocycles. The summed E-state index contributed by atoms with van der Waals surface area (Å²) < 4.78 is 1.62. The number of carbonyl (C=O) groups is 1. The smallest absolute Gasteiger partial charge is 0.294 e. The Morgan fingerprint density at radius 3 is 3.03 bits per heavy atom. The van der Waals surface area contributed by atoms with Crippen molar-refractivity contribution in [1.82, 2.24) is 20.2 Å². The van der Waals surface area contributed by atoms with Gasteiger partial charge in [-0.05, 0) is 43.9 Å². The molecular formula is C24H27N5O2S. The van der Waals surface area contributed by atoms with Crippen molar-refractivity contribution in [1.29, 1.82) is 0 Å². The van der Waals surface area contributed by atoms with Gasteiger partial charge in [0.15, 0.2) is 5.82 Å². The highest BCUT2D eigenvalue weighted by Gasteiger charge is 2.31. The lowest BCUT2D eigenvalue weighted by Gasteiger charge is -2.18. The second-order valence-corrected chi connectivity index (χ2v) is 9.81. The van der Waals surface area contributed by atoms with Crippen LogP contribution in [0.25, 0.3) is 0 Å². The molecule has 5 rings (SSSR count). The molecule has 0 aliphatic carbocycles. The predicted octanol–water partition coefficient (Wildman–Crippen LogP) is 3.19. The highest BCUT2D eigenvalue weighted by atomic mass is 32.1. The predicted molar refractivity (Wildman–Crippen MR) is 126 cm³/mol. The van der Waals surface area contributed by atoms with Crippen molar-refractivity contribution in [3.63, 3.8) is 0 Å². The van der Waals surface area contributed by atoms with Crippen LogP contribution in [0.1, 0.15) is 57.6 Å². The number of nitrogens with zero attached hydrogens (tertiary/aromatic N) is 2. The number of benzene rings is 1. The van der Waals surface area contributed by atoms with E-state index in [1.165, 1.54) is 16.0 Å². The van der Waals surface area contributed by atoms with E-state index in [0.29, 0.717) is 19.4 Å². The minimum Gasteiger partial charge on any atom is -0.359 e. The third-order valence-electron chi connectivity index (χ3n) is 6.24. The summed E-state index contributed by atoms with van der Waals surface area (Å²) in [5.41, 5.74) is 4.15. The SMILES string of the molecule is Cc1cccc([C@H](C)Nc2ncc3n(c2=O)[C@H](C(=O)NCc2cc4c(s2)CNC4)CC3)c1. The van der Waals surface area contributed by atoms with Crippen LogP contribution in [0.4, 0.5) is 5.82 Å². The highest BCUT2D eigenvalue weighted by molar-refractivity contribution is 7.12. The van der Waals surface area contributed by atoms with Crippen LogP contribution in [0.3, 0.4) is 0 Å². The van der Waals surface area contributed by atoms with E-state index >= 15 is 0 Å². The van der Waals surface area contributed by atoms with Crippen LogP contribution >= 0.6 is 11.3 Å². The summed E-state index contributed by atoms with van der Waals surface area (Å²) in [6, 6.07) is 9.76. The van der Waals surface area contributed by atoms with E-state index in [-0.39, 0.29) is 23.3 Å². The Balaban J connectivity index is 1.31. The van der Waals surface area contributed by atoms with Gasteiger partial charge in [-0.15, -0.1) is 11.3 Å². The van der Waals surface area contributed by atoms with Gasteiger partial charge in [-0.25, -0.2) is 4.98 Å². The van der Waals surface area contributed by atoms with E-state index in [2.05, 4.69) is 33.1 Å². The first-order chi connectivity index (χ1) is 15.5. The number of anilines is 1. The molecule has 0 fully saturated rings. The Bertz CT molecular complexity index is 1210. The van der Waals surface area contributed by atoms with Crippen molar-refractivity contribution in [3.05, 3.63) is 79.0 Å². The maximum atomic E-state index is 13.2. The fourth-order valence-corrected chi connectivity index (χ4v) is 5.63. The van der Waals surface area contributed by atoms with E-state index in [9.17, 15) is 9.59 Å². The largest absolute Gasteiger partial charge is 0.359 e. The number of rotatable bonds is 6. The third-order valence-corrected chi connectivity index (χ3v) is 7.42. The molecule has 166 valence electrons. The third kappa shape index (κ3) is 3.96. The van der Waals surface area contributed by atoms with Crippen LogP contribution in [0.15, 0.2) is 41.3 Å². The van der Waals surface area contributed by atoms with Gasteiger partial charge in [0.1, 0.15) is 6.04 Å². The van der Waals surface area contributed by atoms with E-state index < -0.39 is 6.04 Å². The number of hydrogen-bond donors (Lipinski definition) is 3. The fourth-order valence-electron chi connectivity index (χ4n) is 4.53. The second kappa shape index (κ2) is 8.52. The molecule has 3 N–H and O–H groups in total. The molecule has 7 nitrogen and oxygen atoms in total. The first-order valence-corrected chi connectivity index (χ1v) is 11.8. The summed E-state index contributed by atoms with van der Waals surface area (Å²) in [6.07, 6.45) is 3.01. The molecule has 2 aliphatic heterocycles. The van der Waals surface area contributed by atoms with Gasteiger partial charge < -0.3 is 16.0 Å². The molecule has 0 spiro atoms. The van der Waals surface area contributed by atoms with Crippen molar-refractivity contribution in [2.75, 3.05) is 5.32 Å². The van der Waals surface area contributed by atoms with Crippen molar-refractivity contribution >= 4 is 23.1 Å². The summed E-state index contributed by atoms with van der Waals surface area (Å²) in [6.45, 7) is 6.35. The van der Waals surface area contributed by atoms with Crippen molar-refractivity contribution in [2.24, 2.45) is 0 Å². The molecule has 0 bridgehead atoms. The van der Waals surface area contributed by atoms with E-state index in [0.717, 1.165) is 29.2 Å². The summed E-state index contributed by atoms with van der Waals surface area (Å²) in [5.74, 6) is 0.172. The van der Waals surface area contributed by atoms with Gasteiger partial charge in [0.2, 0.25) is 5.91 Å². The standard InChI is InChI=1S/C24H27N5O2S/c1-14-4-3-5-16(8-14)15(2)28-22-24(31)29-18(11-26-22)6-7-20(29)23(30)27-12-19-9-17-10-25-13-21(17)32-19/h3-5,8-9,11,15,20,25H,6-7,10,12-13H2,1-2H3,(H,26,28)(H,27,30)/t15-,20-/m0/s1. The zero-order chi connectivity index (χ0) is 22.2. The minimum absolute atomic E-state index is 0.0716. The molecule has 32 heavy (non-hydrogen) atoms. The maximum absolute atomic E-state index is 13.2. The highest BCUT2D eigenvalue weighted by Crippen LogP contribution is 2.28. The minimum atomic E-state index is -0.496. The quantitative estimate of drug-likeness (QED) is 0.538. The van der Waals surface area contributed by atoms with Crippen molar-refractivity contribution < 1.29 is 4.79 Å². The molecule has 0 unspecified atom stereocenters. The molecule has 1 amide bonds. The number of carbonyl (C=O) groups excluding carboxylic acids is 1. The topological polar surface area (TPSA) is 88.0 Å². The monoisotopic (exact) mass is 449 g/mol. The molecule has 3 aromatic rings. The molecule has 2 aromatic heterocycles. The van der Waals surface area contributed by atoms with Gasteiger partial charge in [-0.2, -0.15) is 0 Å². The van der Waals surface area contributed by atoms with Gasteiger partial charge in [0, 0.05) is 34.7 Å². The number of aryl methyl sites for hydroxylation is 2. The molecule has 8 heteroatoms. The number of aromatic nitrogens is 2. The normalized spacial score (nSPS) is 17.6. The number of nitrogens with one attached hydrogen (secondary N) is 3. The van der Waals surface area contributed by atoms with Crippen LogP contribution in [0, 0.1) is 6.92 Å². The van der Waals surface area contributed by atoms with Crippen molar-refractivity contribution in [3.8, 4) is 0 Å². The first-order valence-electron chi connectivity index (χ1n) is 11.0. The second-order valence-electron chi connectivity index (χ2n) is 8.59. The lowest BCUT2D eigenvalue weighted by Crippen LogP contribution is -2.36. The van der Waals surface area contributed by atoms with Crippen LogP contribution in [-0.2, 0) is 30.8 Å².